The molecular weight excluding hydrogens is 516 g/mol. The van der Waals surface area contributed by atoms with Crippen LogP contribution < -0.4 is 24.8 Å². The van der Waals surface area contributed by atoms with Gasteiger partial charge in [-0.1, -0.05) is 0 Å². The molecule has 0 saturated carbocycles. The monoisotopic (exact) mass is 552 g/mol. The lowest BCUT2D eigenvalue weighted by Crippen LogP contribution is -2.54. The maximum Gasteiger partial charge on any atom is 0.257 e. The first-order chi connectivity index (χ1) is 19.3. The predicted octanol–water partition coefficient (Wildman–Crippen LogP) is 2.51. The van der Waals surface area contributed by atoms with E-state index < -0.39 is 0 Å². The SMILES string of the molecule is CN(C)CCCNC(=O)C[C@H]1CC[C@@H]2[C@@H](COc3ccc(NC(=O)c4ccc5c(c4)OCO5)cc3C(=O)N2C)O1. The van der Waals surface area contributed by atoms with Crippen LogP contribution in [0.25, 0.3) is 0 Å². The number of ether oxygens (including phenoxy) is 4. The minimum Gasteiger partial charge on any atom is -0.490 e. The third kappa shape index (κ3) is 6.31. The largest absolute Gasteiger partial charge is 0.490 e. The standard InChI is InChI=1S/C29H36N4O7/c1-32(2)12-4-11-30-27(34)15-20-7-8-22-26(40-20)16-37-23-10-6-19(14-21(23)29(36)33(22)3)31-28(35)18-5-9-24-25(13-18)39-17-38-24/h5-6,9-10,13-14,20,22,26H,4,7-8,11-12,15-17H2,1-3H3,(H,30,34)(H,31,35)/t20-,22-,26-/m1/s1. The number of nitrogens with zero attached hydrogens (tertiary/aromatic N) is 2. The molecule has 0 unspecified atom stereocenters. The van der Waals surface area contributed by atoms with Crippen LogP contribution >= 0.6 is 0 Å². The summed E-state index contributed by atoms with van der Waals surface area (Å²) in [6.45, 7) is 1.92. The molecule has 214 valence electrons. The summed E-state index contributed by atoms with van der Waals surface area (Å²) in [5.41, 5.74) is 1.25. The van der Waals surface area contributed by atoms with Gasteiger partial charge >= 0.3 is 0 Å². The van der Waals surface area contributed by atoms with Crippen molar-refractivity contribution in [2.24, 2.45) is 0 Å². The number of fused-ring (bicyclic) bond motifs is 3. The van der Waals surface area contributed by atoms with Gasteiger partial charge in [-0.25, -0.2) is 0 Å². The number of likely N-dealkylation sites (N-methyl/N-ethyl adjacent to an activating group) is 1. The Labute approximate surface area is 233 Å². The maximum atomic E-state index is 13.5. The second-order valence-electron chi connectivity index (χ2n) is 10.6. The van der Waals surface area contributed by atoms with Gasteiger partial charge in [0.15, 0.2) is 11.5 Å². The molecule has 2 N–H and O–H groups in total. The number of benzene rings is 2. The molecule has 3 amide bonds. The molecule has 1 saturated heterocycles. The van der Waals surface area contributed by atoms with Gasteiger partial charge in [-0.2, -0.15) is 0 Å². The molecule has 0 spiro atoms. The molecule has 1 fully saturated rings. The Bertz CT molecular complexity index is 1270. The Hall–Kier alpha value is -3.83. The second kappa shape index (κ2) is 12.1. The highest BCUT2D eigenvalue weighted by molar-refractivity contribution is 6.06. The van der Waals surface area contributed by atoms with Gasteiger partial charge in [-0.15, -0.1) is 0 Å². The van der Waals surface area contributed by atoms with Gasteiger partial charge in [0, 0.05) is 24.8 Å². The zero-order chi connectivity index (χ0) is 28.2. The predicted molar refractivity (Wildman–Crippen MR) is 147 cm³/mol. The number of hydrogen-bond donors (Lipinski definition) is 2. The topological polar surface area (TPSA) is 119 Å². The number of hydrogen-bond acceptors (Lipinski definition) is 8. The van der Waals surface area contributed by atoms with Crippen LogP contribution in [-0.4, -0.2) is 93.4 Å². The van der Waals surface area contributed by atoms with Gasteiger partial charge in [0.2, 0.25) is 12.7 Å². The van der Waals surface area contributed by atoms with E-state index in [9.17, 15) is 14.4 Å². The molecule has 40 heavy (non-hydrogen) atoms. The average molecular weight is 553 g/mol. The summed E-state index contributed by atoms with van der Waals surface area (Å²) in [7, 11) is 5.77. The van der Waals surface area contributed by atoms with Crippen molar-refractivity contribution in [2.45, 2.75) is 43.9 Å². The second-order valence-corrected chi connectivity index (χ2v) is 10.6. The zero-order valence-corrected chi connectivity index (χ0v) is 23.1. The van der Waals surface area contributed by atoms with Crippen LogP contribution in [0.4, 0.5) is 5.69 Å². The van der Waals surface area contributed by atoms with Crippen molar-refractivity contribution in [1.82, 2.24) is 15.1 Å². The summed E-state index contributed by atoms with van der Waals surface area (Å²) in [4.78, 5) is 42.6. The molecule has 0 radical (unpaired) electrons. The molecule has 3 atom stereocenters. The molecule has 3 aliphatic heterocycles. The molecular formula is C29H36N4O7. The molecule has 3 aliphatic rings. The van der Waals surface area contributed by atoms with Crippen molar-refractivity contribution in [3.63, 3.8) is 0 Å². The van der Waals surface area contributed by atoms with Gasteiger partial charge in [0.25, 0.3) is 11.8 Å². The van der Waals surface area contributed by atoms with Crippen LogP contribution in [-0.2, 0) is 9.53 Å². The molecule has 5 rings (SSSR count). The van der Waals surface area contributed by atoms with Gasteiger partial charge in [0.05, 0.1) is 24.1 Å². The van der Waals surface area contributed by atoms with E-state index in [4.69, 9.17) is 18.9 Å². The number of nitrogens with one attached hydrogen (secondary N) is 2. The van der Waals surface area contributed by atoms with Gasteiger partial charge < -0.3 is 39.4 Å². The lowest BCUT2D eigenvalue weighted by Gasteiger charge is -2.42. The van der Waals surface area contributed by atoms with Gasteiger partial charge in [-0.05, 0) is 76.3 Å². The average Bonchev–Trinajstić information content (AvgIpc) is 3.41. The molecule has 11 nitrogen and oxygen atoms in total. The number of anilines is 1. The van der Waals surface area contributed by atoms with Crippen LogP contribution in [0.15, 0.2) is 36.4 Å². The van der Waals surface area contributed by atoms with E-state index in [1.807, 2.05) is 14.1 Å². The number of carbonyl (C=O) groups excluding carboxylic acids is 3. The summed E-state index contributed by atoms with van der Waals surface area (Å²) in [5.74, 6) is 0.950. The highest BCUT2D eigenvalue weighted by Crippen LogP contribution is 2.34. The van der Waals surface area contributed by atoms with E-state index in [0.29, 0.717) is 53.4 Å². The first kappa shape index (κ1) is 27.7. The fourth-order valence-corrected chi connectivity index (χ4v) is 5.25. The van der Waals surface area contributed by atoms with Crippen LogP contribution in [0.2, 0.25) is 0 Å². The quantitative estimate of drug-likeness (QED) is 0.480. The Balaban J connectivity index is 1.21. The molecule has 2 aromatic carbocycles. The summed E-state index contributed by atoms with van der Waals surface area (Å²) in [5, 5.41) is 5.81. The van der Waals surface area contributed by atoms with Crippen molar-refractivity contribution < 1.29 is 33.3 Å². The summed E-state index contributed by atoms with van der Waals surface area (Å²) < 4.78 is 23.0. The van der Waals surface area contributed by atoms with E-state index in [1.54, 1.807) is 48.3 Å². The van der Waals surface area contributed by atoms with Crippen molar-refractivity contribution in [3.05, 3.63) is 47.5 Å². The first-order valence-electron chi connectivity index (χ1n) is 13.6. The molecule has 0 aliphatic carbocycles. The van der Waals surface area contributed by atoms with Crippen molar-refractivity contribution in [3.8, 4) is 17.2 Å². The van der Waals surface area contributed by atoms with Crippen molar-refractivity contribution in [2.75, 3.05) is 52.9 Å². The van der Waals surface area contributed by atoms with Gasteiger partial charge in [0.1, 0.15) is 18.5 Å². The van der Waals surface area contributed by atoms with Crippen molar-refractivity contribution >= 4 is 23.4 Å². The van der Waals surface area contributed by atoms with Crippen LogP contribution in [0.3, 0.4) is 0 Å². The van der Waals surface area contributed by atoms with E-state index in [0.717, 1.165) is 13.0 Å². The Morgan fingerprint density at radius 1 is 1.02 bits per heavy atom. The minimum atomic E-state index is -0.354. The first-order valence-corrected chi connectivity index (χ1v) is 13.6. The van der Waals surface area contributed by atoms with Crippen LogP contribution in [0.1, 0.15) is 46.4 Å². The highest BCUT2D eigenvalue weighted by Gasteiger charge is 2.39. The lowest BCUT2D eigenvalue weighted by molar-refractivity contribution is -0.134. The Kier molecular flexibility index (Phi) is 8.41. The lowest BCUT2D eigenvalue weighted by atomic mass is 9.94. The van der Waals surface area contributed by atoms with Gasteiger partial charge in [-0.3, -0.25) is 14.4 Å². The number of rotatable bonds is 8. The smallest absolute Gasteiger partial charge is 0.257 e. The summed E-state index contributed by atoms with van der Waals surface area (Å²) >= 11 is 0. The molecule has 3 heterocycles. The number of amides is 3. The van der Waals surface area contributed by atoms with Crippen LogP contribution in [0, 0.1) is 0 Å². The minimum absolute atomic E-state index is 0.0286. The van der Waals surface area contributed by atoms with Crippen LogP contribution in [0.5, 0.6) is 17.2 Å². The summed E-state index contributed by atoms with van der Waals surface area (Å²) in [6, 6.07) is 9.79. The zero-order valence-electron chi connectivity index (χ0n) is 23.1. The molecule has 0 bridgehead atoms. The maximum absolute atomic E-state index is 13.5. The van der Waals surface area contributed by atoms with E-state index in [2.05, 4.69) is 15.5 Å². The molecule has 2 aromatic rings. The number of carbonyl (C=O) groups is 3. The Morgan fingerprint density at radius 3 is 2.65 bits per heavy atom. The van der Waals surface area contributed by atoms with E-state index in [1.165, 1.54) is 0 Å². The fourth-order valence-electron chi connectivity index (χ4n) is 5.25. The highest BCUT2D eigenvalue weighted by atomic mass is 16.7. The molecule has 0 aromatic heterocycles. The van der Waals surface area contributed by atoms with Crippen molar-refractivity contribution in [1.29, 1.82) is 0 Å². The third-order valence-electron chi connectivity index (χ3n) is 7.42. The third-order valence-corrected chi connectivity index (χ3v) is 7.42. The van der Waals surface area contributed by atoms with E-state index >= 15 is 0 Å². The molecule has 11 heteroatoms. The summed E-state index contributed by atoms with van der Waals surface area (Å²) in [6.07, 6.45) is 1.96. The van der Waals surface area contributed by atoms with E-state index in [-0.39, 0.29) is 55.8 Å². The Morgan fingerprint density at radius 2 is 1.82 bits per heavy atom. The normalized spacial score (nSPS) is 21.6. The fraction of sp³-hybridized carbons (Fsp3) is 0.483.